The highest BCUT2D eigenvalue weighted by molar-refractivity contribution is 8.00. The van der Waals surface area contributed by atoms with Crippen LogP contribution in [0, 0.1) is 0 Å². The number of thioether (sulfide) groups is 1. The number of rotatable bonds is 6. The summed E-state index contributed by atoms with van der Waals surface area (Å²) in [6.45, 7) is 1.19. The van der Waals surface area contributed by atoms with Gasteiger partial charge in [-0.05, 0) is 30.7 Å². The van der Waals surface area contributed by atoms with E-state index in [0.717, 1.165) is 23.1 Å². The number of hydrogen-bond acceptors (Lipinski definition) is 7. The third-order valence-electron chi connectivity index (χ3n) is 4.48. The predicted molar refractivity (Wildman–Crippen MR) is 106 cm³/mol. The summed E-state index contributed by atoms with van der Waals surface area (Å²) in [6.07, 6.45) is -1.96. The van der Waals surface area contributed by atoms with Gasteiger partial charge >= 0.3 is 6.18 Å². The minimum absolute atomic E-state index is 0.0632. The molecule has 0 radical (unpaired) electrons. The molecule has 4 rings (SSSR count). The number of alkyl halides is 3. The third kappa shape index (κ3) is 4.46. The van der Waals surface area contributed by atoms with Crippen molar-refractivity contribution in [3.05, 3.63) is 46.0 Å². The van der Waals surface area contributed by atoms with E-state index < -0.39 is 12.0 Å². The van der Waals surface area contributed by atoms with Crippen molar-refractivity contribution in [1.82, 2.24) is 19.9 Å². The molecule has 3 aromatic rings. The van der Waals surface area contributed by atoms with Gasteiger partial charge in [0.15, 0.2) is 11.4 Å². The molecule has 3 aromatic heterocycles. The average molecular weight is 452 g/mol. The van der Waals surface area contributed by atoms with Crippen LogP contribution in [0.15, 0.2) is 35.5 Å². The van der Waals surface area contributed by atoms with E-state index in [9.17, 15) is 22.8 Å². The fourth-order valence-electron chi connectivity index (χ4n) is 3.05. The SMILES string of the molecule is O=C(CSc1nc(C(F)(F)F)nc2ncccc12)c1ccc(CN2CCCC2=O)s1. The molecule has 0 bridgehead atoms. The Balaban J connectivity index is 1.49. The van der Waals surface area contributed by atoms with Crippen LogP contribution in [-0.4, -0.2) is 43.8 Å². The lowest BCUT2D eigenvalue weighted by Crippen LogP contribution is -2.23. The van der Waals surface area contributed by atoms with E-state index in [-0.39, 0.29) is 28.1 Å². The first kappa shape index (κ1) is 20.7. The number of carbonyl (C=O) groups excluding carboxylic acids is 2. The topological polar surface area (TPSA) is 76.1 Å². The summed E-state index contributed by atoms with van der Waals surface area (Å²) < 4.78 is 39.3. The van der Waals surface area contributed by atoms with Crippen molar-refractivity contribution in [2.45, 2.75) is 30.6 Å². The first-order valence-corrected chi connectivity index (χ1v) is 10.8. The lowest BCUT2D eigenvalue weighted by atomic mass is 10.3. The van der Waals surface area contributed by atoms with Gasteiger partial charge in [-0.1, -0.05) is 11.8 Å². The molecule has 0 aromatic carbocycles. The van der Waals surface area contributed by atoms with Gasteiger partial charge in [0, 0.05) is 24.0 Å². The van der Waals surface area contributed by atoms with Crippen molar-refractivity contribution in [3.8, 4) is 0 Å². The molecule has 1 aliphatic rings. The lowest BCUT2D eigenvalue weighted by Gasteiger charge is -2.13. The number of fused-ring (bicyclic) bond motifs is 1. The molecule has 0 spiro atoms. The molecular formula is C19H15F3N4O2S2. The Morgan fingerprint density at radius 3 is 2.80 bits per heavy atom. The zero-order valence-electron chi connectivity index (χ0n) is 15.5. The number of amides is 1. The Hall–Kier alpha value is -2.53. The van der Waals surface area contributed by atoms with E-state index in [0.29, 0.717) is 29.8 Å². The molecular weight excluding hydrogens is 437 g/mol. The fourth-order valence-corrected chi connectivity index (χ4v) is 4.99. The molecule has 156 valence electrons. The second-order valence-electron chi connectivity index (χ2n) is 6.62. The zero-order valence-corrected chi connectivity index (χ0v) is 17.1. The van der Waals surface area contributed by atoms with Gasteiger partial charge < -0.3 is 4.90 Å². The van der Waals surface area contributed by atoms with Crippen LogP contribution >= 0.6 is 23.1 Å². The number of thiophene rings is 1. The second kappa shape index (κ2) is 8.31. The minimum atomic E-state index is -4.71. The van der Waals surface area contributed by atoms with Gasteiger partial charge in [-0.15, -0.1) is 11.3 Å². The van der Waals surface area contributed by atoms with E-state index in [1.807, 2.05) is 0 Å². The van der Waals surface area contributed by atoms with Crippen LogP contribution in [0.5, 0.6) is 0 Å². The Morgan fingerprint density at radius 1 is 1.23 bits per heavy atom. The van der Waals surface area contributed by atoms with Crippen LogP contribution in [0.3, 0.4) is 0 Å². The van der Waals surface area contributed by atoms with Gasteiger partial charge in [0.25, 0.3) is 0 Å². The normalized spacial score (nSPS) is 14.6. The smallest absolute Gasteiger partial charge is 0.338 e. The van der Waals surface area contributed by atoms with Crippen LogP contribution in [0.4, 0.5) is 13.2 Å². The number of hydrogen-bond donors (Lipinski definition) is 0. The van der Waals surface area contributed by atoms with Crippen LogP contribution in [0.25, 0.3) is 11.0 Å². The van der Waals surface area contributed by atoms with Crippen LogP contribution in [0.2, 0.25) is 0 Å². The van der Waals surface area contributed by atoms with E-state index in [1.54, 1.807) is 29.2 Å². The van der Waals surface area contributed by atoms with Crippen LogP contribution < -0.4 is 0 Å². The van der Waals surface area contributed by atoms with Crippen molar-refractivity contribution >= 4 is 45.8 Å². The molecule has 1 aliphatic heterocycles. The van der Waals surface area contributed by atoms with Gasteiger partial charge in [-0.2, -0.15) is 13.2 Å². The molecule has 0 saturated carbocycles. The monoisotopic (exact) mass is 452 g/mol. The second-order valence-corrected chi connectivity index (χ2v) is 8.75. The maximum absolute atomic E-state index is 13.1. The summed E-state index contributed by atoms with van der Waals surface area (Å²) in [6, 6.07) is 6.64. The number of halogens is 3. The first-order chi connectivity index (χ1) is 14.3. The standard InChI is InChI=1S/C19H15F3N4O2S2/c20-19(21,22)18-24-16-12(3-1-7-23-16)17(25-18)29-10-13(27)14-6-5-11(30-14)9-26-8-2-4-15(26)28/h1,3,5-7H,2,4,8-10H2. The summed E-state index contributed by atoms with van der Waals surface area (Å²) in [5.74, 6) is -1.46. The molecule has 30 heavy (non-hydrogen) atoms. The summed E-state index contributed by atoms with van der Waals surface area (Å²) in [4.78, 5) is 38.4. The lowest BCUT2D eigenvalue weighted by molar-refractivity contribution is -0.145. The fraction of sp³-hybridized carbons (Fsp3) is 0.316. The third-order valence-corrected chi connectivity index (χ3v) is 6.59. The minimum Gasteiger partial charge on any atom is -0.338 e. The summed E-state index contributed by atoms with van der Waals surface area (Å²) in [5.41, 5.74) is -0.0662. The summed E-state index contributed by atoms with van der Waals surface area (Å²) in [5, 5.41) is 0.427. The van der Waals surface area contributed by atoms with E-state index in [1.165, 1.54) is 17.5 Å². The first-order valence-electron chi connectivity index (χ1n) is 9.04. The van der Waals surface area contributed by atoms with Crippen molar-refractivity contribution in [3.63, 3.8) is 0 Å². The van der Waals surface area contributed by atoms with Gasteiger partial charge in [0.2, 0.25) is 11.7 Å². The molecule has 1 amide bonds. The van der Waals surface area contributed by atoms with Crippen LogP contribution in [0.1, 0.15) is 33.2 Å². The highest BCUT2D eigenvalue weighted by atomic mass is 32.2. The average Bonchev–Trinajstić information content (AvgIpc) is 3.34. The molecule has 4 heterocycles. The quantitative estimate of drug-likeness (QED) is 0.317. The number of pyridine rings is 1. The molecule has 0 unspecified atom stereocenters. The zero-order chi connectivity index (χ0) is 21.3. The Labute approximate surface area is 177 Å². The number of likely N-dealkylation sites (tertiary alicyclic amines) is 1. The Morgan fingerprint density at radius 2 is 2.07 bits per heavy atom. The molecule has 11 heteroatoms. The van der Waals surface area contributed by atoms with Crippen LogP contribution in [-0.2, 0) is 17.5 Å². The number of ketones is 1. The number of carbonyl (C=O) groups is 2. The highest BCUT2D eigenvalue weighted by Gasteiger charge is 2.36. The summed E-state index contributed by atoms with van der Waals surface area (Å²) >= 11 is 2.22. The number of Topliss-reactive ketones (excluding diaryl/α,β-unsaturated/α-hetero) is 1. The van der Waals surface area contributed by atoms with Gasteiger partial charge in [0.05, 0.1) is 22.6 Å². The van der Waals surface area contributed by atoms with Crippen molar-refractivity contribution in [2.75, 3.05) is 12.3 Å². The Kier molecular flexibility index (Phi) is 5.74. The number of nitrogens with zero attached hydrogens (tertiary/aromatic N) is 4. The molecule has 0 aliphatic carbocycles. The van der Waals surface area contributed by atoms with Gasteiger partial charge in [-0.3, -0.25) is 9.59 Å². The molecule has 1 fully saturated rings. The van der Waals surface area contributed by atoms with E-state index in [4.69, 9.17) is 0 Å². The molecule has 1 saturated heterocycles. The highest BCUT2D eigenvalue weighted by Crippen LogP contribution is 2.32. The Bertz CT molecular complexity index is 1120. The molecule has 6 nitrogen and oxygen atoms in total. The van der Waals surface area contributed by atoms with E-state index in [2.05, 4.69) is 15.0 Å². The van der Waals surface area contributed by atoms with Gasteiger partial charge in [0.1, 0.15) is 5.03 Å². The molecule has 0 atom stereocenters. The number of aromatic nitrogens is 3. The van der Waals surface area contributed by atoms with Crippen molar-refractivity contribution < 1.29 is 22.8 Å². The molecule has 0 N–H and O–H groups in total. The maximum atomic E-state index is 13.1. The van der Waals surface area contributed by atoms with E-state index >= 15 is 0 Å². The maximum Gasteiger partial charge on any atom is 0.451 e. The van der Waals surface area contributed by atoms with Crippen molar-refractivity contribution in [1.29, 1.82) is 0 Å². The predicted octanol–water partition coefficient (Wildman–Crippen LogP) is 4.20. The van der Waals surface area contributed by atoms with Crippen molar-refractivity contribution in [2.24, 2.45) is 0 Å². The largest absolute Gasteiger partial charge is 0.451 e. The summed E-state index contributed by atoms with van der Waals surface area (Å²) in [7, 11) is 0. The van der Waals surface area contributed by atoms with Gasteiger partial charge in [-0.25, -0.2) is 15.0 Å².